The van der Waals surface area contributed by atoms with Gasteiger partial charge in [-0.1, -0.05) is 0 Å². The van der Waals surface area contributed by atoms with E-state index >= 15 is 0 Å². The van der Waals surface area contributed by atoms with Crippen LogP contribution in [0.1, 0.15) is 22.8 Å². The van der Waals surface area contributed by atoms with Crippen molar-refractivity contribution in [1.82, 2.24) is 4.37 Å². The molecule has 0 amide bonds. The van der Waals surface area contributed by atoms with Crippen LogP contribution in [0.4, 0.5) is 13.2 Å². The Hall–Kier alpha value is -1.89. The normalized spacial score (nSPS) is 10.7. The van der Waals surface area contributed by atoms with Gasteiger partial charge in [-0.15, -0.1) is 0 Å². The van der Waals surface area contributed by atoms with Gasteiger partial charge in [0.1, 0.15) is 11.5 Å². The fraction of sp³-hybridized carbons (Fsp3) is 0.231. The number of aryl methyl sites for hydroxylation is 1. The van der Waals surface area contributed by atoms with Crippen LogP contribution in [0.5, 0.6) is 0 Å². The molecule has 0 aliphatic heterocycles. The van der Waals surface area contributed by atoms with Gasteiger partial charge in [-0.25, -0.2) is 18.0 Å². The highest BCUT2D eigenvalue weighted by Gasteiger charge is 2.25. The van der Waals surface area contributed by atoms with Crippen molar-refractivity contribution >= 4 is 17.5 Å². The molecule has 106 valence electrons. The first-order valence-corrected chi connectivity index (χ1v) is 6.57. The lowest BCUT2D eigenvalue weighted by atomic mass is 10.0. The Labute approximate surface area is 117 Å². The third kappa shape index (κ3) is 2.40. The smallest absolute Gasteiger partial charge is 0.341 e. The van der Waals surface area contributed by atoms with E-state index in [1.165, 1.54) is 12.3 Å². The average molecular weight is 301 g/mol. The molecule has 7 heteroatoms. The Balaban J connectivity index is 2.62. The molecule has 1 heterocycles. The van der Waals surface area contributed by atoms with Crippen molar-refractivity contribution in [3.8, 4) is 11.3 Å². The predicted octanol–water partition coefficient (Wildman–Crippen LogP) is 3.71. The topological polar surface area (TPSA) is 39.2 Å². The number of hydrogen-bond acceptors (Lipinski definition) is 4. The number of ether oxygens (including phenoxy) is 1. The van der Waals surface area contributed by atoms with Crippen LogP contribution in [-0.2, 0) is 4.74 Å². The molecule has 0 spiro atoms. The van der Waals surface area contributed by atoms with Gasteiger partial charge < -0.3 is 4.74 Å². The van der Waals surface area contributed by atoms with E-state index in [4.69, 9.17) is 4.74 Å². The fourth-order valence-electron chi connectivity index (χ4n) is 1.70. The fourth-order valence-corrected chi connectivity index (χ4v) is 2.36. The number of carbonyl (C=O) groups excluding carboxylic acids is 1. The first-order chi connectivity index (χ1) is 9.47. The summed E-state index contributed by atoms with van der Waals surface area (Å²) in [4.78, 5) is 11.7. The highest BCUT2D eigenvalue weighted by Crippen LogP contribution is 2.32. The summed E-state index contributed by atoms with van der Waals surface area (Å²) in [5.74, 6) is -4.25. The van der Waals surface area contributed by atoms with Gasteiger partial charge >= 0.3 is 5.97 Å². The summed E-state index contributed by atoms with van der Waals surface area (Å²) in [6.07, 6.45) is 0. The molecule has 0 unspecified atom stereocenters. The van der Waals surface area contributed by atoms with E-state index < -0.39 is 29.0 Å². The Kier molecular flexibility index (Phi) is 4.08. The van der Waals surface area contributed by atoms with E-state index in [2.05, 4.69) is 4.37 Å². The highest BCUT2D eigenvalue weighted by molar-refractivity contribution is 7.04. The molecule has 20 heavy (non-hydrogen) atoms. The van der Waals surface area contributed by atoms with E-state index in [-0.39, 0.29) is 23.4 Å². The molecule has 0 bridgehead atoms. The molecule has 2 rings (SSSR count). The van der Waals surface area contributed by atoms with Crippen LogP contribution in [0.25, 0.3) is 11.3 Å². The van der Waals surface area contributed by atoms with Crippen molar-refractivity contribution in [2.75, 3.05) is 6.61 Å². The lowest BCUT2D eigenvalue weighted by Crippen LogP contribution is -2.07. The van der Waals surface area contributed by atoms with Gasteiger partial charge in [-0.2, -0.15) is 4.37 Å². The molecular weight excluding hydrogens is 291 g/mol. The van der Waals surface area contributed by atoms with Crippen LogP contribution in [0.15, 0.2) is 11.4 Å². The zero-order valence-electron chi connectivity index (χ0n) is 10.7. The number of benzene rings is 1. The van der Waals surface area contributed by atoms with Crippen LogP contribution >= 0.6 is 11.5 Å². The highest BCUT2D eigenvalue weighted by atomic mass is 32.1. The van der Waals surface area contributed by atoms with Gasteiger partial charge in [0.25, 0.3) is 0 Å². The number of rotatable bonds is 3. The molecule has 0 aliphatic rings. The minimum absolute atomic E-state index is 0.0853. The molecule has 2 aromatic rings. The summed E-state index contributed by atoms with van der Waals surface area (Å²) in [7, 11) is 0. The molecule has 0 N–H and O–H groups in total. The van der Waals surface area contributed by atoms with Crippen molar-refractivity contribution in [3.63, 3.8) is 0 Å². The van der Waals surface area contributed by atoms with Crippen molar-refractivity contribution in [3.05, 3.63) is 40.0 Å². The van der Waals surface area contributed by atoms with Gasteiger partial charge in [0.05, 0.1) is 17.7 Å². The first kappa shape index (κ1) is 14.5. The zero-order valence-corrected chi connectivity index (χ0v) is 11.5. The summed E-state index contributed by atoms with van der Waals surface area (Å²) in [5, 5.41) is 1.31. The van der Waals surface area contributed by atoms with E-state index in [0.717, 1.165) is 17.6 Å². The van der Waals surface area contributed by atoms with E-state index in [0.29, 0.717) is 0 Å². The monoisotopic (exact) mass is 301 g/mol. The van der Waals surface area contributed by atoms with Crippen LogP contribution in [0.3, 0.4) is 0 Å². The first-order valence-electron chi connectivity index (χ1n) is 5.73. The van der Waals surface area contributed by atoms with E-state index in [1.807, 2.05) is 0 Å². The summed E-state index contributed by atoms with van der Waals surface area (Å²) < 4.78 is 49.9. The lowest BCUT2D eigenvalue weighted by Gasteiger charge is -2.07. The molecule has 0 saturated heterocycles. The molecule has 3 nitrogen and oxygen atoms in total. The number of halogens is 3. The molecule has 0 aliphatic carbocycles. The van der Waals surface area contributed by atoms with E-state index in [1.54, 1.807) is 6.92 Å². The summed E-state index contributed by atoms with van der Waals surface area (Å²) in [6, 6.07) is 0.863. The van der Waals surface area contributed by atoms with Crippen LogP contribution in [0, 0.1) is 24.4 Å². The second kappa shape index (κ2) is 5.62. The van der Waals surface area contributed by atoms with Gasteiger partial charge in [-0.3, -0.25) is 0 Å². The van der Waals surface area contributed by atoms with Crippen LogP contribution in [-0.4, -0.2) is 16.9 Å². The second-order valence-corrected chi connectivity index (χ2v) is 4.60. The summed E-state index contributed by atoms with van der Waals surface area (Å²) in [5.41, 5.74) is -1.14. The molecule has 1 aromatic carbocycles. The number of esters is 1. The number of aromatic nitrogens is 1. The van der Waals surface area contributed by atoms with Gasteiger partial charge in [0.15, 0.2) is 11.6 Å². The van der Waals surface area contributed by atoms with Gasteiger partial charge in [0, 0.05) is 5.38 Å². The summed E-state index contributed by atoms with van der Waals surface area (Å²) in [6.45, 7) is 2.96. The van der Waals surface area contributed by atoms with Gasteiger partial charge in [-0.05, 0) is 37.0 Å². The van der Waals surface area contributed by atoms with Crippen molar-refractivity contribution < 1.29 is 22.7 Å². The Bertz CT molecular complexity index is 670. The molecule has 1 aromatic heterocycles. The SMILES string of the molecule is CCOC(=O)c1csnc1-c1c(F)cc(C)c(F)c1F. The van der Waals surface area contributed by atoms with Crippen molar-refractivity contribution in [1.29, 1.82) is 0 Å². The molecule has 0 atom stereocenters. The number of nitrogens with zero attached hydrogens (tertiary/aromatic N) is 1. The predicted molar refractivity (Wildman–Crippen MR) is 68.1 cm³/mol. The number of carbonyl (C=O) groups is 1. The molecule has 0 radical (unpaired) electrons. The molecular formula is C13H10F3NO2S. The minimum Gasteiger partial charge on any atom is -0.462 e. The minimum atomic E-state index is -1.36. The van der Waals surface area contributed by atoms with Crippen molar-refractivity contribution in [2.45, 2.75) is 13.8 Å². The average Bonchev–Trinajstić information content (AvgIpc) is 2.85. The zero-order chi connectivity index (χ0) is 14.9. The van der Waals surface area contributed by atoms with Crippen LogP contribution in [0.2, 0.25) is 0 Å². The largest absolute Gasteiger partial charge is 0.462 e. The van der Waals surface area contributed by atoms with Crippen molar-refractivity contribution in [2.24, 2.45) is 0 Å². The third-order valence-corrected chi connectivity index (χ3v) is 3.27. The van der Waals surface area contributed by atoms with E-state index in [9.17, 15) is 18.0 Å². The van der Waals surface area contributed by atoms with Gasteiger partial charge in [0.2, 0.25) is 0 Å². The quantitative estimate of drug-likeness (QED) is 0.641. The molecule has 0 saturated carbocycles. The third-order valence-electron chi connectivity index (χ3n) is 2.64. The maximum Gasteiger partial charge on any atom is 0.341 e. The second-order valence-electron chi connectivity index (χ2n) is 3.98. The maximum absolute atomic E-state index is 13.9. The number of hydrogen-bond donors (Lipinski definition) is 0. The molecule has 0 fully saturated rings. The Morgan fingerprint density at radius 2 is 2.05 bits per heavy atom. The summed E-state index contributed by atoms with van der Waals surface area (Å²) >= 11 is 0.836. The Morgan fingerprint density at radius 3 is 2.70 bits per heavy atom. The van der Waals surface area contributed by atoms with Crippen LogP contribution < -0.4 is 0 Å². The maximum atomic E-state index is 13.9. The standard InChI is InChI=1S/C13H10F3NO2S/c1-3-19-13(18)7-5-20-17-12(7)9-8(14)4-6(2)10(15)11(9)16/h4-5H,3H2,1-2H3. The Morgan fingerprint density at radius 1 is 1.35 bits per heavy atom. The lowest BCUT2D eigenvalue weighted by molar-refractivity contribution is 0.0527.